The van der Waals surface area contributed by atoms with Crippen LogP contribution in [0, 0.1) is 0 Å². The number of hydrogen-bond acceptors (Lipinski definition) is 3. The van der Waals surface area contributed by atoms with Gasteiger partial charge in [-0.3, -0.25) is 0 Å². The van der Waals surface area contributed by atoms with Crippen LogP contribution in [0.4, 0.5) is 0 Å². The Morgan fingerprint density at radius 3 is 1.27 bits per heavy atom. The zero-order chi connectivity index (χ0) is 16.8. The van der Waals surface area contributed by atoms with Gasteiger partial charge in [0.2, 0.25) is 0 Å². The Morgan fingerprint density at radius 1 is 0.773 bits per heavy atom. The molecule has 2 N–H and O–H groups in total. The topological polar surface area (TPSA) is 49.7 Å². The average Bonchev–Trinajstić information content (AvgIpc) is 2.53. The third-order valence-corrected chi connectivity index (χ3v) is 3.84. The smallest absolute Gasteiger partial charge is 0.0580 e. The van der Waals surface area contributed by atoms with Crippen LogP contribution in [0.3, 0.4) is 0 Å². The van der Waals surface area contributed by atoms with Crippen molar-refractivity contribution >= 4 is 0 Å². The molecule has 2 saturated carbocycles. The summed E-state index contributed by atoms with van der Waals surface area (Å²) in [5, 5.41) is 18.8. The summed E-state index contributed by atoms with van der Waals surface area (Å²) in [6.07, 6.45) is 12.6. The molecular weight excluding hydrogens is 276 g/mol. The first-order chi connectivity index (χ1) is 10.6. The third kappa shape index (κ3) is 11.0. The summed E-state index contributed by atoms with van der Waals surface area (Å²) < 4.78 is 6.01. The molecule has 0 aromatic carbocycles. The third-order valence-electron chi connectivity index (χ3n) is 3.84. The first-order valence-corrected chi connectivity index (χ1v) is 8.82. The van der Waals surface area contributed by atoms with Crippen LogP contribution < -0.4 is 0 Å². The molecule has 0 spiro atoms. The molecule has 3 heteroatoms. The van der Waals surface area contributed by atoms with Crippen molar-refractivity contribution in [3.8, 4) is 0 Å². The second kappa shape index (κ2) is 14.0. The zero-order valence-electron chi connectivity index (χ0n) is 14.5. The molecule has 2 fully saturated rings. The quantitative estimate of drug-likeness (QED) is 0.760. The molecule has 0 unspecified atom stereocenters. The predicted molar refractivity (Wildman–Crippen MR) is 94.0 cm³/mol. The molecule has 0 saturated heterocycles. The maximum atomic E-state index is 9.38. The van der Waals surface area contributed by atoms with Gasteiger partial charge < -0.3 is 14.9 Å². The summed E-state index contributed by atoms with van der Waals surface area (Å²) in [4.78, 5) is 0. The maximum absolute atomic E-state index is 9.38. The molecule has 22 heavy (non-hydrogen) atoms. The first kappa shape index (κ1) is 21.4. The highest BCUT2D eigenvalue weighted by Gasteiger charge is 2.25. The van der Waals surface area contributed by atoms with Crippen molar-refractivity contribution in [3.05, 3.63) is 25.3 Å². The Morgan fingerprint density at radius 2 is 1.05 bits per heavy atom. The number of aliphatic hydroxyl groups excluding tert-OH is 2. The van der Waals surface area contributed by atoms with Gasteiger partial charge in [0.25, 0.3) is 0 Å². The Kier molecular flexibility index (Phi) is 13.6. The van der Waals surface area contributed by atoms with E-state index in [4.69, 9.17) is 4.74 Å². The minimum atomic E-state index is -0.0990. The van der Waals surface area contributed by atoms with Crippen molar-refractivity contribution in [2.75, 3.05) is 0 Å². The number of rotatable bonds is 3. The van der Waals surface area contributed by atoms with Gasteiger partial charge in [-0.1, -0.05) is 45.6 Å². The normalized spacial score (nSPS) is 30.9. The van der Waals surface area contributed by atoms with Crippen molar-refractivity contribution in [1.29, 1.82) is 0 Å². The lowest BCUT2D eigenvalue weighted by Crippen LogP contribution is -2.31. The van der Waals surface area contributed by atoms with E-state index in [1.807, 2.05) is 0 Å². The number of allylic oxidation sites excluding steroid dienone is 2. The van der Waals surface area contributed by atoms with Gasteiger partial charge in [0.15, 0.2) is 0 Å². The van der Waals surface area contributed by atoms with Crippen LogP contribution in [0.25, 0.3) is 0 Å². The molecule has 2 aliphatic rings. The minimum absolute atomic E-state index is 0.0990. The second-order valence-electron chi connectivity index (χ2n) is 6.18. The van der Waals surface area contributed by atoms with Gasteiger partial charge in [0.05, 0.1) is 24.4 Å². The van der Waals surface area contributed by atoms with E-state index in [2.05, 4.69) is 27.0 Å². The second-order valence-corrected chi connectivity index (χ2v) is 6.18. The summed E-state index contributed by atoms with van der Waals surface area (Å²) >= 11 is 0. The van der Waals surface area contributed by atoms with Crippen molar-refractivity contribution in [2.24, 2.45) is 0 Å². The van der Waals surface area contributed by atoms with Gasteiger partial charge in [0.1, 0.15) is 0 Å². The number of aliphatic hydroxyl groups is 2. The summed E-state index contributed by atoms with van der Waals surface area (Å²) in [5.41, 5.74) is 0. The van der Waals surface area contributed by atoms with Crippen molar-refractivity contribution < 1.29 is 14.9 Å². The lowest BCUT2D eigenvalue weighted by Gasteiger charge is -2.32. The molecule has 3 nitrogen and oxygen atoms in total. The van der Waals surface area contributed by atoms with Crippen molar-refractivity contribution in [3.63, 3.8) is 0 Å². The zero-order valence-corrected chi connectivity index (χ0v) is 14.5. The van der Waals surface area contributed by atoms with Gasteiger partial charge in [0, 0.05) is 0 Å². The molecule has 0 aromatic rings. The molecule has 0 radical (unpaired) electrons. The molecule has 2 rings (SSSR count). The van der Waals surface area contributed by atoms with E-state index in [0.29, 0.717) is 12.2 Å². The van der Waals surface area contributed by atoms with Gasteiger partial charge in [-0.25, -0.2) is 0 Å². The highest BCUT2D eigenvalue weighted by molar-refractivity contribution is 4.88. The molecule has 130 valence electrons. The standard InChI is InChI=1S/C12H22O3.C4H6.C3H8/c13-9-1-5-11(6-2-9)15-12-7-3-10(14)4-8-12;1-3-4-2;1-3-2/h9-14H,1-8H2;3-4H,1-2H2;3H2,1-2H3. The maximum Gasteiger partial charge on any atom is 0.0580 e. The van der Waals surface area contributed by atoms with E-state index in [0.717, 1.165) is 51.4 Å². The first-order valence-electron chi connectivity index (χ1n) is 8.82. The summed E-state index contributed by atoms with van der Waals surface area (Å²) in [7, 11) is 0. The average molecular weight is 312 g/mol. The molecule has 2 aliphatic carbocycles. The Hall–Kier alpha value is -0.640. The SMILES string of the molecule is C=CC=C.CCC.OC1CCC(OC2CCC(O)CC2)CC1. The Bertz CT molecular complexity index is 236. The van der Waals surface area contributed by atoms with E-state index in [1.54, 1.807) is 12.2 Å². The molecule has 0 heterocycles. The van der Waals surface area contributed by atoms with Crippen LogP contribution in [0.5, 0.6) is 0 Å². The van der Waals surface area contributed by atoms with Crippen LogP contribution in [-0.2, 0) is 4.74 Å². The summed E-state index contributed by atoms with van der Waals surface area (Å²) in [6.45, 7) is 11.0. The molecule has 0 aromatic heterocycles. The van der Waals surface area contributed by atoms with E-state index in [1.165, 1.54) is 6.42 Å². The monoisotopic (exact) mass is 312 g/mol. The van der Waals surface area contributed by atoms with Gasteiger partial charge >= 0.3 is 0 Å². The molecule has 0 atom stereocenters. The number of hydrogen-bond donors (Lipinski definition) is 2. The van der Waals surface area contributed by atoms with Crippen LogP contribution in [0.1, 0.15) is 71.6 Å². The van der Waals surface area contributed by atoms with Crippen LogP contribution in [-0.4, -0.2) is 34.6 Å². The number of ether oxygens (including phenoxy) is 1. The molecule has 0 bridgehead atoms. The van der Waals surface area contributed by atoms with Crippen molar-refractivity contribution in [1.82, 2.24) is 0 Å². The minimum Gasteiger partial charge on any atom is -0.393 e. The van der Waals surface area contributed by atoms with E-state index in [-0.39, 0.29) is 12.2 Å². The van der Waals surface area contributed by atoms with Crippen LogP contribution in [0.2, 0.25) is 0 Å². The Labute approximate surface area is 137 Å². The highest BCUT2D eigenvalue weighted by Crippen LogP contribution is 2.27. The molecular formula is C19H36O3. The molecule has 0 amide bonds. The van der Waals surface area contributed by atoms with Crippen molar-refractivity contribution in [2.45, 2.75) is 96.1 Å². The van der Waals surface area contributed by atoms with Gasteiger partial charge in [-0.2, -0.15) is 0 Å². The highest BCUT2D eigenvalue weighted by atomic mass is 16.5. The van der Waals surface area contributed by atoms with E-state index in [9.17, 15) is 10.2 Å². The van der Waals surface area contributed by atoms with E-state index >= 15 is 0 Å². The lowest BCUT2D eigenvalue weighted by molar-refractivity contribution is -0.0720. The Balaban J connectivity index is 0.000000537. The fourth-order valence-electron chi connectivity index (χ4n) is 2.63. The predicted octanol–water partition coefficient (Wildman–Crippen LogP) is 4.38. The van der Waals surface area contributed by atoms with Gasteiger partial charge in [-0.05, 0) is 51.4 Å². The summed E-state index contributed by atoms with van der Waals surface area (Å²) in [6, 6.07) is 0. The van der Waals surface area contributed by atoms with Crippen LogP contribution >= 0.6 is 0 Å². The summed E-state index contributed by atoms with van der Waals surface area (Å²) in [5.74, 6) is 0. The lowest BCUT2D eigenvalue weighted by atomic mass is 9.92. The van der Waals surface area contributed by atoms with Crippen LogP contribution in [0.15, 0.2) is 25.3 Å². The fourth-order valence-corrected chi connectivity index (χ4v) is 2.63. The van der Waals surface area contributed by atoms with Gasteiger partial charge in [-0.15, -0.1) is 0 Å². The fraction of sp³-hybridized carbons (Fsp3) is 0.789. The van der Waals surface area contributed by atoms with E-state index < -0.39 is 0 Å². The largest absolute Gasteiger partial charge is 0.393 e. The molecule has 0 aliphatic heterocycles.